The number of hydrogen-bond donors (Lipinski definition) is 2. The Hall–Kier alpha value is -2.78. The van der Waals surface area contributed by atoms with Crippen molar-refractivity contribution in [2.75, 3.05) is 38.6 Å². The standard InChI is InChI=1S/C31H36N2O5/c32-26-8-4-7-25(19-26)30-37-27(20-33-15-13-31(14-16-33)35-17-18-36-31)28(23-5-2-1-3-6-23)29(38-30)24-11-9-22(21-34)10-12-24/h1-12,19,27-30,34H,13-18,20-21,32H2/t27-,28-,29+,30?/m1/s1. The highest BCUT2D eigenvalue weighted by Gasteiger charge is 2.45. The van der Waals surface area contributed by atoms with Crippen molar-refractivity contribution in [3.05, 3.63) is 101 Å². The van der Waals surface area contributed by atoms with Gasteiger partial charge in [-0.1, -0.05) is 66.7 Å². The molecule has 7 heteroatoms. The molecule has 6 rings (SSSR count). The van der Waals surface area contributed by atoms with Gasteiger partial charge in [-0.3, -0.25) is 0 Å². The normalized spacial score (nSPS) is 27.5. The van der Waals surface area contributed by atoms with Crippen molar-refractivity contribution in [3.63, 3.8) is 0 Å². The minimum absolute atomic E-state index is 0.00938. The summed E-state index contributed by atoms with van der Waals surface area (Å²) in [5.74, 6) is -0.434. The summed E-state index contributed by atoms with van der Waals surface area (Å²) in [5, 5.41) is 9.60. The highest BCUT2D eigenvalue weighted by atomic mass is 16.7. The molecule has 0 radical (unpaired) electrons. The van der Waals surface area contributed by atoms with Crippen molar-refractivity contribution >= 4 is 5.69 Å². The number of likely N-dealkylation sites (tertiary alicyclic amines) is 1. The number of rotatable bonds is 6. The highest BCUT2D eigenvalue weighted by molar-refractivity contribution is 5.41. The zero-order chi connectivity index (χ0) is 26.0. The van der Waals surface area contributed by atoms with Crippen molar-refractivity contribution in [2.45, 2.75) is 49.7 Å². The fourth-order valence-corrected chi connectivity index (χ4v) is 5.99. The van der Waals surface area contributed by atoms with Gasteiger partial charge in [-0.15, -0.1) is 0 Å². The molecular weight excluding hydrogens is 480 g/mol. The number of piperidine rings is 1. The average molecular weight is 517 g/mol. The van der Waals surface area contributed by atoms with Gasteiger partial charge in [0.2, 0.25) is 0 Å². The van der Waals surface area contributed by atoms with Gasteiger partial charge in [0, 0.05) is 49.6 Å². The number of nitrogens with two attached hydrogens (primary N) is 1. The van der Waals surface area contributed by atoms with Crippen LogP contribution in [0.5, 0.6) is 0 Å². The van der Waals surface area contributed by atoms with Gasteiger partial charge in [0.15, 0.2) is 12.1 Å². The summed E-state index contributed by atoms with van der Waals surface area (Å²) in [6.07, 6.45) is 0.796. The summed E-state index contributed by atoms with van der Waals surface area (Å²) in [7, 11) is 0. The summed E-state index contributed by atoms with van der Waals surface area (Å²) in [6, 6.07) is 26.3. The lowest BCUT2D eigenvalue weighted by Crippen LogP contribution is -2.50. The number of aliphatic hydroxyl groups excluding tert-OH is 1. The van der Waals surface area contributed by atoms with E-state index >= 15 is 0 Å². The van der Waals surface area contributed by atoms with E-state index < -0.39 is 12.1 Å². The summed E-state index contributed by atoms with van der Waals surface area (Å²) < 4.78 is 25.5. The second-order valence-electron chi connectivity index (χ2n) is 10.5. The number of aliphatic hydroxyl groups is 1. The van der Waals surface area contributed by atoms with Crippen molar-refractivity contribution < 1.29 is 24.1 Å². The molecule has 4 atom stereocenters. The lowest BCUT2D eigenvalue weighted by atomic mass is 9.83. The third-order valence-electron chi connectivity index (χ3n) is 8.02. The molecule has 0 bridgehead atoms. The number of nitrogen functional groups attached to an aromatic ring is 1. The predicted octanol–water partition coefficient (Wildman–Crippen LogP) is 4.54. The Balaban J connectivity index is 1.33. The van der Waals surface area contributed by atoms with Crippen molar-refractivity contribution in [3.8, 4) is 0 Å². The van der Waals surface area contributed by atoms with Gasteiger partial charge in [-0.25, -0.2) is 0 Å². The van der Waals surface area contributed by atoms with E-state index in [-0.39, 0.29) is 24.7 Å². The molecule has 3 N–H and O–H groups in total. The van der Waals surface area contributed by atoms with E-state index in [0.29, 0.717) is 18.9 Å². The molecule has 3 saturated heterocycles. The molecule has 7 nitrogen and oxygen atoms in total. The van der Waals surface area contributed by atoms with Crippen LogP contribution < -0.4 is 5.73 Å². The Labute approximate surface area is 224 Å². The van der Waals surface area contributed by atoms with E-state index in [9.17, 15) is 5.11 Å². The minimum atomic E-state index is -0.552. The first-order chi connectivity index (χ1) is 18.6. The lowest BCUT2D eigenvalue weighted by Gasteiger charge is -2.46. The molecule has 1 unspecified atom stereocenters. The van der Waals surface area contributed by atoms with E-state index in [4.69, 9.17) is 24.7 Å². The van der Waals surface area contributed by atoms with E-state index in [1.165, 1.54) is 5.56 Å². The monoisotopic (exact) mass is 516 g/mol. The maximum atomic E-state index is 9.60. The van der Waals surface area contributed by atoms with Crippen LogP contribution in [0.15, 0.2) is 78.9 Å². The third-order valence-corrected chi connectivity index (χ3v) is 8.02. The molecule has 1 spiro atoms. The summed E-state index contributed by atoms with van der Waals surface area (Å²) in [4.78, 5) is 2.46. The summed E-state index contributed by atoms with van der Waals surface area (Å²) >= 11 is 0. The molecule has 0 amide bonds. The summed E-state index contributed by atoms with van der Waals surface area (Å²) in [6.45, 7) is 3.91. The average Bonchev–Trinajstić information content (AvgIpc) is 3.42. The zero-order valence-electron chi connectivity index (χ0n) is 21.6. The van der Waals surface area contributed by atoms with Gasteiger partial charge in [-0.2, -0.15) is 0 Å². The van der Waals surface area contributed by atoms with Gasteiger partial charge in [0.25, 0.3) is 0 Å². The van der Waals surface area contributed by atoms with Crippen LogP contribution in [-0.4, -0.2) is 54.7 Å². The minimum Gasteiger partial charge on any atom is -0.399 e. The molecule has 3 aromatic rings. The molecule has 3 heterocycles. The quantitative estimate of drug-likeness (QED) is 0.465. The van der Waals surface area contributed by atoms with Gasteiger partial charge in [0.1, 0.15) is 0 Å². The second-order valence-corrected chi connectivity index (χ2v) is 10.5. The smallest absolute Gasteiger partial charge is 0.185 e. The van der Waals surface area contributed by atoms with Crippen LogP contribution >= 0.6 is 0 Å². The van der Waals surface area contributed by atoms with Crippen molar-refractivity contribution in [1.82, 2.24) is 4.90 Å². The molecule has 200 valence electrons. The molecule has 3 fully saturated rings. The van der Waals surface area contributed by atoms with Crippen LogP contribution in [0.2, 0.25) is 0 Å². The molecule has 38 heavy (non-hydrogen) atoms. The van der Waals surface area contributed by atoms with Gasteiger partial charge in [0.05, 0.1) is 32.0 Å². The number of anilines is 1. The fourth-order valence-electron chi connectivity index (χ4n) is 5.99. The Morgan fingerprint density at radius 3 is 2.21 bits per heavy atom. The molecular formula is C31H36N2O5. The Morgan fingerprint density at radius 1 is 0.816 bits per heavy atom. The SMILES string of the molecule is Nc1cccc(C2O[C@H](CN3CCC4(CC3)OCCO4)[C@@H](c3ccccc3)[C@H](c3ccc(CO)cc3)O2)c1. The highest BCUT2D eigenvalue weighted by Crippen LogP contribution is 2.47. The Morgan fingerprint density at radius 2 is 1.53 bits per heavy atom. The molecule has 0 aromatic heterocycles. The van der Waals surface area contributed by atoms with Crippen molar-refractivity contribution in [1.29, 1.82) is 0 Å². The number of nitrogens with zero attached hydrogens (tertiary/aromatic N) is 1. The van der Waals surface area contributed by atoms with Gasteiger partial charge < -0.3 is 34.7 Å². The van der Waals surface area contributed by atoms with Crippen LogP contribution in [0.4, 0.5) is 5.69 Å². The first-order valence-corrected chi connectivity index (χ1v) is 13.5. The second kappa shape index (κ2) is 11.1. The molecule has 0 aliphatic carbocycles. The van der Waals surface area contributed by atoms with Crippen LogP contribution in [0, 0.1) is 0 Å². The van der Waals surface area contributed by atoms with Crippen LogP contribution in [0.1, 0.15) is 53.4 Å². The van der Waals surface area contributed by atoms with Gasteiger partial charge in [-0.05, 0) is 28.8 Å². The number of benzene rings is 3. The van der Waals surface area contributed by atoms with Crippen LogP contribution in [0.25, 0.3) is 0 Å². The topological polar surface area (TPSA) is 86.4 Å². The predicted molar refractivity (Wildman–Crippen MR) is 144 cm³/mol. The molecule has 3 aromatic carbocycles. The Bertz CT molecular complexity index is 1190. The molecule has 3 aliphatic rings. The van der Waals surface area contributed by atoms with Crippen molar-refractivity contribution in [2.24, 2.45) is 0 Å². The summed E-state index contributed by atoms with van der Waals surface area (Å²) in [5.41, 5.74) is 10.8. The van der Waals surface area contributed by atoms with Crippen LogP contribution in [-0.2, 0) is 25.6 Å². The third kappa shape index (κ3) is 5.36. The van der Waals surface area contributed by atoms with Crippen LogP contribution in [0.3, 0.4) is 0 Å². The number of ether oxygens (including phenoxy) is 4. The maximum Gasteiger partial charge on any atom is 0.185 e. The first-order valence-electron chi connectivity index (χ1n) is 13.5. The zero-order valence-corrected chi connectivity index (χ0v) is 21.6. The molecule has 0 saturated carbocycles. The first kappa shape index (κ1) is 25.5. The van der Waals surface area contributed by atoms with E-state index in [1.54, 1.807) is 0 Å². The van der Waals surface area contributed by atoms with E-state index in [1.807, 2.05) is 42.5 Å². The lowest BCUT2D eigenvalue weighted by molar-refractivity contribution is -0.265. The molecule has 3 aliphatic heterocycles. The largest absolute Gasteiger partial charge is 0.399 e. The van der Waals surface area contributed by atoms with Gasteiger partial charge >= 0.3 is 0 Å². The Kier molecular flexibility index (Phi) is 7.48. The van der Waals surface area contributed by atoms with E-state index in [2.05, 4.69) is 41.3 Å². The van der Waals surface area contributed by atoms with E-state index in [0.717, 1.165) is 49.2 Å². The number of hydrogen-bond acceptors (Lipinski definition) is 7. The fraction of sp³-hybridized carbons (Fsp3) is 0.419. The maximum absolute atomic E-state index is 9.60.